The van der Waals surface area contributed by atoms with E-state index in [0.29, 0.717) is 23.1 Å². The first-order valence-electron chi connectivity index (χ1n) is 8.63. The van der Waals surface area contributed by atoms with Gasteiger partial charge in [-0.25, -0.2) is 0 Å². The number of amides is 2. The van der Waals surface area contributed by atoms with Gasteiger partial charge in [-0.05, 0) is 49.4 Å². The van der Waals surface area contributed by atoms with Crippen LogP contribution in [0.25, 0.3) is 11.0 Å². The van der Waals surface area contributed by atoms with Crippen LogP contribution in [0, 0.1) is 0 Å². The summed E-state index contributed by atoms with van der Waals surface area (Å²) < 4.78 is 5.16. The molecule has 1 aromatic heterocycles. The number of methoxy groups -OCH3 is 1. The number of piperazine rings is 1. The Hall–Kier alpha value is -3.42. The average molecular weight is 365 g/mol. The van der Waals surface area contributed by atoms with Crippen molar-refractivity contribution < 1.29 is 14.3 Å². The highest BCUT2D eigenvalue weighted by molar-refractivity contribution is 6.03. The van der Waals surface area contributed by atoms with Crippen LogP contribution in [0.5, 0.6) is 5.75 Å². The fraction of sp³-hybridized carbons (Fsp3) is 0.263. The smallest absolute Gasteiger partial charge is 0.254 e. The molecule has 0 radical (unpaired) electrons. The van der Waals surface area contributed by atoms with E-state index in [1.54, 1.807) is 35.1 Å². The van der Waals surface area contributed by atoms with Crippen LogP contribution in [-0.2, 0) is 4.79 Å². The minimum absolute atomic E-state index is 0.0306. The van der Waals surface area contributed by atoms with E-state index in [-0.39, 0.29) is 24.4 Å². The van der Waals surface area contributed by atoms with Gasteiger partial charge in [-0.3, -0.25) is 9.59 Å². The zero-order chi connectivity index (χ0) is 19.0. The summed E-state index contributed by atoms with van der Waals surface area (Å²) in [6.07, 6.45) is 0. The van der Waals surface area contributed by atoms with Gasteiger partial charge in [0.15, 0.2) is 0 Å². The Balaban J connectivity index is 1.54. The van der Waals surface area contributed by atoms with Crippen LogP contribution in [0.2, 0.25) is 0 Å². The second kappa shape index (κ2) is 6.71. The van der Waals surface area contributed by atoms with Crippen molar-refractivity contribution in [3.05, 3.63) is 48.0 Å². The maximum atomic E-state index is 12.9. The van der Waals surface area contributed by atoms with Gasteiger partial charge in [0, 0.05) is 23.8 Å². The third-order valence-corrected chi connectivity index (χ3v) is 4.79. The molecule has 1 aliphatic heterocycles. The Labute approximate surface area is 155 Å². The largest absolute Gasteiger partial charge is 0.497 e. The Morgan fingerprint density at radius 2 is 1.89 bits per heavy atom. The highest BCUT2D eigenvalue weighted by atomic mass is 16.5. The summed E-state index contributed by atoms with van der Waals surface area (Å²) >= 11 is 0. The minimum atomic E-state index is -0.185. The van der Waals surface area contributed by atoms with Gasteiger partial charge in [0.2, 0.25) is 5.91 Å². The molecule has 3 aromatic rings. The summed E-state index contributed by atoms with van der Waals surface area (Å²) in [5, 5.41) is 10.5. The number of nitrogens with one attached hydrogen (secondary N) is 1. The molecule has 1 N–H and O–H groups in total. The summed E-state index contributed by atoms with van der Waals surface area (Å²) in [7, 11) is 1.60. The van der Waals surface area contributed by atoms with Gasteiger partial charge in [0.1, 0.15) is 23.3 Å². The van der Waals surface area contributed by atoms with Crippen molar-refractivity contribution in [3.8, 4) is 5.75 Å². The molecule has 1 unspecified atom stereocenters. The number of anilines is 1. The Bertz CT molecular complexity index is 998. The lowest BCUT2D eigenvalue weighted by molar-refractivity contribution is -0.121. The summed E-state index contributed by atoms with van der Waals surface area (Å²) in [5.41, 5.74) is 2.61. The van der Waals surface area contributed by atoms with Gasteiger partial charge < -0.3 is 14.5 Å². The van der Waals surface area contributed by atoms with Crippen LogP contribution in [-0.4, -0.2) is 58.4 Å². The van der Waals surface area contributed by atoms with Gasteiger partial charge in [-0.2, -0.15) is 15.4 Å². The topological polar surface area (TPSA) is 91.4 Å². The number of carbonyl (C=O) groups excluding carboxylic acids is 2. The minimum Gasteiger partial charge on any atom is -0.497 e. The molecule has 2 aromatic carbocycles. The number of benzene rings is 2. The van der Waals surface area contributed by atoms with Crippen LogP contribution in [0.3, 0.4) is 0 Å². The van der Waals surface area contributed by atoms with Crippen LogP contribution < -0.4 is 9.64 Å². The SMILES string of the molecule is COc1ccc(N2CC(C)N(C(=O)c3ccc4n[nH]nc4c3)CC2=O)cc1. The maximum Gasteiger partial charge on any atom is 0.254 e. The predicted molar refractivity (Wildman–Crippen MR) is 99.7 cm³/mol. The number of aromatic amines is 1. The van der Waals surface area contributed by atoms with E-state index in [0.717, 1.165) is 11.4 Å². The van der Waals surface area contributed by atoms with Crippen LogP contribution in [0.1, 0.15) is 17.3 Å². The second-order valence-corrected chi connectivity index (χ2v) is 6.51. The Kier molecular flexibility index (Phi) is 4.23. The molecule has 0 bridgehead atoms. The van der Waals surface area contributed by atoms with Gasteiger partial charge in [-0.15, -0.1) is 0 Å². The van der Waals surface area contributed by atoms with E-state index < -0.39 is 0 Å². The zero-order valence-corrected chi connectivity index (χ0v) is 15.0. The third-order valence-electron chi connectivity index (χ3n) is 4.79. The number of aromatic nitrogens is 3. The van der Waals surface area contributed by atoms with E-state index in [1.807, 2.05) is 31.2 Å². The quantitative estimate of drug-likeness (QED) is 0.765. The van der Waals surface area contributed by atoms with Crippen LogP contribution in [0.4, 0.5) is 5.69 Å². The molecular weight excluding hydrogens is 346 g/mol. The van der Waals surface area contributed by atoms with E-state index >= 15 is 0 Å². The zero-order valence-electron chi connectivity index (χ0n) is 15.0. The molecule has 1 atom stereocenters. The van der Waals surface area contributed by atoms with Crippen molar-refractivity contribution in [1.82, 2.24) is 20.3 Å². The first kappa shape index (κ1) is 17.0. The lowest BCUT2D eigenvalue weighted by atomic mass is 10.1. The molecule has 8 nitrogen and oxygen atoms in total. The number of fused-ring (bicyclic) bond motifs is 1. The van der Waals surface area contributed by atoms with Gasteiger partial charge in [-0.1, -0.05) is 0 Å². The Morgan fingerprint density at radius 1 is 1.15 bits per heavy atom. The molecule has 4 rings (SSSR count). The number of ether oxygens (including phenoxy) is 1. The lowest BCUT2D eigenvalue weighted by Gasteiger charge is -2.39. The monoisotopic (exact) mass is 365 g/mol. The summed E-state index contributed by atoms with van der Waals surface area (Å²) in [5.74, 6) is 0.431. The molecule has 1 aliphatic rings. The predicted octanol–water partition coefficient (Wildman–Crippen LogP) is 1.84. The van der Waals surface area contributed by atoms with Crippen molar-refractivity contribution >= 4 is 28.5 Å². The van der Waals surface area contributed by atoms with Gasteiger partial charge in [0.05, 0.1) is 7.11 Å². The Morgan fingerprint density at radius 3 is 2.63 bits per heavy atom. The van der Waals surface area contributed by atoms with E-state index in [2.05, 4.69) is 15.4 Å². The van der Waals surface area contributed by atoms with Crippen molar-refractivity contribution in [2.75, 3.05) is 25.1 Å². The molecule has 27 heavy (non-hydrogen) atoms. The number of hydrogen-bond donors (Lipinski definition) is 1. The summed E-state index contributed by atoms with van der Waals surface area (Å²) in [6.45, 7) is 2.40. The fourth-order valence-corrected chi connectivity index (χ4v) is 3.27. The number of hydrogen-bond acceptors (Lipinski definition) is 5. The number of carbonyl (C=O) groups is 2. The molecule has 138 valence electrons. The molecular formula is C19H19N5O3. The summed E-state index contributed by atoms with van der Waals surface area (Å²) in [4.78, 5) is 28.9. The molecule has 0 saturated carbocycles. The highest BCUT2D eigenvalue weighted by Gasteiger charge is 2.33. The highest BCUT2D eigenvalue weighted by Crippen LogP contribution is 2.24. The number of nitrogens with zero attached hydrogens (tertiary/aromatic N) is 4. The van der Waals surface area contributed by atoms with Crippen LogP contribution >= 0.6 is 0 Å². The second-order valence-electron chi connectivity index (χ2n) is 6.51. The molecule has 0 aliphatic carbocycles. The van der Waals surface area contributed by atoms with Crippen molar-refractivity contribution in [2.45, 2.75) is 13.0 Å². The normalized spacial score (nSPS) is 17.4. The van der Waals surface area contributed by atoms with Crippen molar-refractivity contribution in [3.63, 3.8) is 0 Å². The third kappa shape index (κ3) is 3.10. The van der Waals surface area contributed by atoms with Gasteiger partial charge >= 0.3 is 0 Å². The first-order valence-corrected chi connectivity index (χ1v) is 8.63. The lowest BCUT2D eigenvalue weighted by Crippen LogP contribution is -2.57. The molecule has 1 fully saturated rings. The molecule has 1 saturated heterocycles. The molecule has 0 spiro atoms. The van der Waals surface area contributed by atoms with E-state index in [4.69, 9.17) is 4.74 Å². The number of H-pyrrole nitrogens is 1. The van der Waals surface area contributed by atoms with E-state index in [1.165, 1.54) is 0 Å². The maximum absolute atomic E-state index is 12.9. The van der Waals surface area contributed by atoms with Crippen molar-refractivity contribution in [2.24, 2.45) is 0 Å². The first-order chi connectivity index (χ1) is 13.1. The average Bonchev–Trinajstić information content (AvgIpc) is 3.17. The molecule has 2 amide bonds. The molecule has 2 heterocycles. The summed E-state index contributed by atoms with van der Waals surface area (Å²) in [6, 6.07) is 12.3. The van der Waals surface area contributed by atoms with Gasteiger partial charge in [0.25, 0.3) is 5.91 Å². The number of rotatable bonds is 3. The molecule has 8 heteroatoms. The standard InChI is InChI=1S/C19H19N5O3/c1-12-10-24(14-4-6-15(27-2)7-5-14)18(25)11-23(12)19(26)13-3-8-16-17(9-13)21-22-20-16/h3-9,12H,10-11H2,1-2H3,(H,20,21,22). The van der Waals surface area contributed by atoms with Crippen molar-refractivity contribution in [1.29, 1.82) is 0 Å². The van der Waals surface area contributed by atoms with E-state index in [9.17, 15) is 9.59 Å². The van der Waals surface area contributed by atoms with Crippen LogP contribution in [0.15, 0.2) is 42.5 Å². The fourth-order valence-electron chi connectivity index (χ4n) is 3.27.